The van der Waals surface area contributed by atoms with Crippen molar-refractivity contribution < 1.29 is 4.79 Å². The van der Waals surface area contributed by atoms with Crippen molar-refractivity contribution in [2.24, 2.45) is 0 Å². The number of thiazole rings is 1. The molecule has 3 nitrogen and oxygen atoms in total. The Morgan fingerprint density at radius 2 is 1.93 bits per heavy atom. The van der Waals surface area contributed by atoms with Gasteiger partial charge in [-0.2, -0.15) is 0 Å². The third-order valence-electron chi connectivity index (χ3n) is 4.68. The number of carbonyl (C=O) groups is 1. The third kappa shape index (κ3) is 4.10. The first-order valence-corrected chi connectivity index (χ1v) is 11.8. The van der Waals surface area contributed by atoms with Crippen molar-refractivity contribution in [2.75, 3.05) is 13.1 Å². The zero-order valence-electron chi connectivity index (χ0n) is 14.1. The van der Waals surface area contributed by atoms with Crippen LogP contribution in [-0.2, 0) is 0 Å². The fraction of sp³-hybridized carbons (Fsp3) is 0.263. The predicted molar refractivity (Wildman–Crippen MR) is 117 cm³/mol. The fourth-order valence-corrected chi connectivity index (χ4v) is 5.99. The molecule has 1 aliphatic rings. The molecule has 0 radical (unpaired) electrons. The Morgan fingerprint density at radius 1 is 1.15 bits per heavy atom. The maximum atomic E-state index is 12.6. The molecular weight excluding hydrogens is 487 g/mol. The second-order valence-corrected chi connectivity index (χ2v) is 9.84. The highest BCUT2D eigenvalue weighted by atomic mass is 79.9. The highest BCUT2D eigenvalue weighted by Gasteiger charge is 2.27. The lowest BCUT2D eigenvalue weighted by molar-refractivity contribution is 0.0717. The Labute approximate surface area is 184 Å². The van der Waals surface area contributed by atoms with E-state index in [9.17, 15) is 4.79 Å². The first kappa shape index (κ1) is 19.4. The van der Waals surface area contributed by atoms with Gasteiger partial charge in [0.15, 0.2) is 0 Å². The number of nitrogens with zero attached hydrogens (tertiary/aromatic N) is 2. The molecule has 0 unspecified atom stereocenters. The van der Waals surface area contributed by atoms with Gasteiger partial charge in [0.25, 0.3) is 5.91 Å². The summed E-state index contributed by atoms with van der Waals surface area (Å²) in [6.07, 6.45) is 1.87. The van der Waals surface area contributed by atoms with Gasteiger partial charge in [-0.25, -0.2) is 4.98 Å². The molecule has 1 amide bonds. The van der Waals surface area contributed by atoms with Gasteiger partial charge in [-0.3, -0.25) is 4.79 Å². The Morgan fingerprint density at radius 3 is 2.59 bits per heavy atom. The van der Waals surface area contributed by atoms with E-state index in [0.29, 0.717) is 16.0 Å². The molecule has 1 aromatic carbocycles. The number of aromatic nitrogens is 1. The monoisotopic (exact) mass is 500 g/mol. The molecule has 3 heterocycles. The van der Waals surface area contributed by atoms with E-state index in [-0.39, 0.29) is 5.91 Å². The van der Waals surface area contributed by atoms with E-state index in [4.69, 9.17) is 28.2 Å². The summed E-state index contributed by atoms with van der Waals surface area (Å²) in [6.45, 7) is 1.52. The van der Waals surface area contributed by atoms with Crippen LogP contribution in [0, 0.1) is 0 Å². The molecule has 1 fully saturated rings. The van der Waals surface area contributed by atoms with Crippen LogP contribution in [0.3, 0.4) is 0 Å². The van der Waals surface area contributed by atoms with Gasteiger partial charge < -0.3 is 4.90 Å². The lowest BCUT2D eigenvalue weighted by atomic mass is 9.97. The minimum atomic E-state index is 0.117. The molecule has 0 atom stereocenters. The van der Waals surface area contributed by atoms with Crippen LogP contribution < -0.4 is 0 Å². The van der Waals surface area contributed by atoms with Gasteiger partial charge >= 0.3 is 0 Å². The largest absolute Gasteiger partial charge is 0.338 e. The SMILES string of the molecule is O=C(c1sccc1Br)N1CCC(c2nc(-c3ccc(Cl)c(Cl)c3)cs2)CC1. The van der Waals surface area contributed by atoms with Crippen LogP contribution in [0.25, 0.3) is 11.3 Å². The van der Waals surface area contributed by atoms with Gasteiger partial charge in [0.2, 0.25) is 0 Å². The van der Waals surface area contributed by atoms with Crippen molar-refractivity contribution in [3.05, 3.63) is 59.4 Å². The van der Waals surface area contributed by atoms with Crippen molar-refractivity contribution >= 4 is 67.7 Å². The average molecular weight is 502 g/mol. The van der Waals surface area contributed by atoms with Crippen molar-refractivity contribution in [2.45, 2.75) is 18.8 Å². The van der Waals surface area contributed by atoms with Gasteiger partial charge in [-0.1, -0.05) is 29.3 Å². The predicted octanol–water partition coefficient (Wildman–Crippen LogP) is 6.96. The lowest BCUT2D eigenvalue weighted by Gasteiger charge is -2.31. The van der Waals surface area contributed by atoms with Gasteiger partial charge in [0.1, 0.15) is 4.88 Å². The van der Waals surface area contributed by atoms with E-state index in [1.807, 2.05) is 28.5 Å². The zero-order chi connectivity index (χ0) is 19.0. The quantitative estimate of drug-likeness (QED) is 0.388. The maximum Gasteiger partial charge on any atom is 0.265 e. The van der Waals surface area contributed by atoms with Crippen LogP contribution in [0.1, 0.15) is 33.4 Å². The molecule has 1 saturated heterocycles. The van der Waals surface area contributed by atoms with E-state index in [2.05, 4.69) is 21.3 Å². The van der Waals surface area contributed by atoms with E-state index in [0.717, 1.165) is 51.5 Å². The number of benzene rings is 1. The second kappa shape index (κ2) is 8.21. The zero-order valence-corrected chi connectivity index (χ0v) is 18.9. The van der Waals surface area contributed by atoms with Gasteiger partial charge in [-0.05, 0) is 52.4 Å². The molecule has 140 valence electrons. The summed E-state index contributed by atoms with van der Waals surface area (Å²) in [5.74, 6) is 0.508. The molecule has 2 aromatic heterocycles. The highest BCUT2D eigenvalue weighted by molar-refractivity contribution is 9.10. The third-order valence-corrected chi connectivity index (χ3v) is 8.25. The Kier molecular flexibility index (Phi) is 5.90. The van der Waals surface area contributed by atoms with Crippen LogP contribution in [0.15, 0.2) is 39.5 Å². The summed E-state index contributed by atoms with van der Waals surface area (Å²) >= 11 is 18.7. The maximum absolute atomic E-state index is 12.6. The summed E-state index contributed by atoms with van der Waals surface area (Å²) in [7, 11) is 0. The summed E-state index contributed by atoms with van der Waals surface area (Å²) in [4.78, 5) is 20.2. The fourth-order valence-electron chi connectivity index (χ4n) is 3.18. The molecular formula is C19H15BrCl2N2OS2. The van der Waals surface area contributed by atoms with E-state index < -0.39 is 0 Å². The van der Waals surface area contributed by atoms with Gasteiger partial charge in [0, 0.05) is 34.4 Å². The van der Waals surface area contributed by atoms with Gasteiger partial charge in [-0.15, -0.1) is 22.7 Å². The van der Waals surface area contributed by atoms with Crippen molar-refractivity contribution in [1.82, 2.24) is 9.88 Å². The smallest absolute Gasteiger partial charge is 0.265 e. The number of thiophene rings is 1. The number of halogens is 3. The van der Waals surface area contributed by atoms with Crippen molar-refractivity contribution in [1.29, 1.82) is 0 Å². The van der Waals surface area contributed by atoms with E-state index in [1.54, 1.807) is 17.4 Å². The van der Waals surface area contributed by atoms with Crippen LogP contribution in [0.4, 0.5) is 0 Å². The molecule has 27 heavy (non-hydrogen) atoms. The molecule has 0 saturated carbocycles. The van der Waals surface area contributed by atoms with Crippen LogP contribution >= 0.6 is 61.8 Å². The Bertz CT molecular complexity index is 980. The number of hydrogen-bond acceptors (Lipinski definition) is 4. The molecule has 0 aliphatic carbocycles. The first-order valence-electron chi connectivity index (χ1n) is 8.46. The number of amides is 1. The number of carbonyl (C=O) groups excluding carboxylic acids is 1. The van der Waals surface area contributed by atoms with Crippen molar-refractivity contribution in [3.63, 3.8) is 0 Å². The first-order chi connectivity index (χ1) is 13.0. The number of hydrogen-bond donors (Lipinski definition) is 0. The van der Waals surface area contributed by atoms with E-state index >= 15 is 0 Å². The van der Waals surface area contributed by atoms with Crippen LogP contribution in [0.2, 0.25) is 10.0 Å². The van der Waals surface area contributed by atoms with Gasteiger partial charge in [0.05, 0.1) is 20.7 Å². The normalized spacial score (nSPS) is 15.3. The molecule has 0 spiro atoms. The molecule has 1 aliphatic heterocycles. The lowest BCUT2D eigenvalue weighted by Crippen LogP contribution is -2.37. The minimum absolute atomic E-state index is 0.117. The van der Waals surface area contributed by atoms with E-state index in [1.165, 1.54) is 11.3 Å². The topological polar surface area (TPSA) is 33.2 Å². The Balaban J connectivity index is 1.43. The number of rotatable bonds is 3. The highest BCUT2D eigenvalue weighted by Crippen LogP contribution is 2.35. The standard InChI is InChI=1S/C19H15BrCl2N2OS2/c20-13-5-8-26-17(13)19(25)24-6-3-11(4-7-24)18-23-16(10-27-18)12-1-2-14(21)15(22)9-12/h1-2,5,8-11H,3-4,6-7H2. The summed E-state index contributed by atoms with van der Waals surface area (Å²) < 4.78 is 0.880. The van der Waals surface area contributed by atoms with Crippen molar-refractivity contribution in [3.8, 4) is 11.3 Å². The molecule has 4 rings (SSSR count). The summed E-state index contributed by atoms with van der Waals surface area (Å²) in [6, 6.07) is 7.51. The summed E-state index contributed by atoms with van der Waals surface area (Å²) in [5.41, 5.74) is 1.90. The molecule has 3 aromatic rings. The Hall–Kier alpha value is -0.920. The number of likely N-dealkylation sites (tertiary alicyclic amines) is 1. The molecule has 0 bridgehead atoms. The minimum Gasteiger partial charge on any atom is -0.338 e. The summed E-state index contributed by atoms with van der Waals surface area (Å²) in [5, 5.41) is 6.21. The second-order valence-electron chi connectivity index (χ2n) is 6.36. The van der Waals surface area contributed by atoms with Crippen LogP contribution in [-0.4, -0.2) is 28.9 Å². The molecule has 8 heteroatoms. The number of piperidine rings is 1. The average Bonchev–Trinajstić information content (AvgIpc) is 3.33. The van der Waals surface area contributed by atoms with Crippen LogP contribution in [0.5, 0.6) is 0 Å². The molecule has 0 N–H and O–H groups in total.